The summed E-state index contributed by atoms with van der Waals surface area (Å²) < 4.78 is 16.3. The topological polar surface area (TPSA) is 51.4 Å². The van der Waals surface area contributed by atoms with Gasteiger partial charge in [-0.05, 0) is 50.9 Å². The second kappa shape index (κ2) is 4.19. The first-order valence-electron chi connectivity index (χ1n) is 7.59. The molecule has 0 aromatic rings. The van der Waals surface area contributed by atoms with E-state index in [1.165, 1.54) is 20.0 Å². The molecule has 2 saturated carbocycles. The van der Waals surface area contributed by atoms with Crippen molar-refractivity contribution in [1.29, 1.82) is 0 Å². The Kier molecular flexibility index (Phi) is 2.68. The first-order valence-corrected chi connectivity index (χ1v) is 7.59. The minimum absolute atomic E-state index is 0.0136. The molecule has 2 saturated heterocycles. The van der Waals surface area contributed by atoms with Gasteiger partial charge in [0, 0.05) is 0 Å². The van der Waals surface area contributed by atoms with Crippen molar-refractivity contribution in [2.24, 2.45) is 11.3 Å². The summed E-state index contributed by atoms with van der Waals surface area (Å²) >= 11 is 0. The Morgan fingerprint density at radius 1 is 1.16 bits per heavy atom. The standard InChI is InChI=1S/C15H22O4/c1-17-14(16)15(5-4-11-13(8-15)19-11)7-9-2-3-10-12(6-9)18-10/h9-13H,2-8H2,1H3. The molecule has 4 heteroatoms. The van der Waals surface area contributed by atoms with E-state index in [0.717, 1.165) is 32.1 Å². The van der Waals surface area contributed by atoms with E-state index in [9.17, 15) is 4.79 Å². The highest BCUT2D eigenvalue weighted by atomic mass is 16.6. The second-order valence-corrected chi connectivity index (χ2v) is 6.82. The maximum Gasteiger partial charge on any atom is 0.311 e. The van der Waals surface area contributed by atoms with Gasteiger partial charge in [0.1, 0.15) is 0 Å². The number of carbonyl (C=O) groups is 1. The Bertz CT molecular complexity index is 396. The molecule has 4 rings (SSSR count). The normalized spacial score (nSPS) is 50.9. The van der Waals surface area contributed by atoms with Crippen LogP contribution in [0.25, 0.3) is 0 Å². The number of esters is 1. The molecule has 0 amide bonds. The third kappa shape index (κ3) is 2.09. The summed E-state index contributed by atoms with van der Waals surface area (Å²) in [5.74, 6) is 0.610. The van der Waals surface area contributed by atoms with E-state index in [1.54, 1.807) is 0 Å². The highest BCUT2D eigenvalue weighted by molar-refractivity contribution is 5.77. The van der Waals surface area contributed by atoms with Crippen LogP contribution in [0, 0.1) is 11.3 Å². The molecule has 0 spiro atoms. The Balaban J connectivity index is 1.47. The number of epoxide rings is 2. The van der Waals surface area contributed by atoms with Gasteiger partial charge in [-0.1, -0.05) is 0 Å². The predicted octanol–water partition coefficient (Wildman–Crippen LogP) is 2.05. The molecule has 4 fully saturated rings. The van der Waals surface area contributed by atoms with Crippen molar-refractivity contribution in [2.45, 2.75) is 69.4 Å². The summed E-state index contributed by atoms with van der Waals surface area (Å²) in [6, 6.07) is 0. The summed E-state index contributed by atoms with van der Waals surface area (Å²) in [5.41, 5.74) is -0.279. The fraction of sp³-hybridized carbons (Fsp3) is 0.933. The van der Waals surface area contributed by atoms with Crippen LogP contribution < -0.4 is 0 Å². The molecule has 0 bridgehead atoms. The SMILES string of the molecule is COC(=O)C1(CC2CCC3OC3C2)CCC2OC2C1. The van der Waals surface area contributed by atoms with Crippen LogP contribution in [0.15, 0.2) is 0 Å². The minimum atomic E-state index is -0.279. The molecule has 2 aliphatic carbocycles. The molecule has 4 aliphatic rings. The lowest BCUT2D eigenvalue weighted by molar-refractivity contribution is -0.156. The van der Waals surface area contributed by atoms with E-state index in [1.807, 2.05) is 0 Å². The molecule has 106 valence electrons. The molecule has 6 unspecified atom stereocenters. The summed E-state index contributed by atoms with van der Waals surface area (Å²) in [7, 11) is 1.52. The molecule has 0 aromatic heterocycles. The molecular formula is C15H22O4. The van der Waals surface area contributed by atoms with Crippen molar-refractivity contribution in [2.75, 3.05) is 7.11 Å². The lowest BCUT2D eigenvalue weighted by atomic mass is 9.67. The fourth-order valence-electron chi connectivity index (χ4n) is 4.41. The number of ether oxygens (including phenoxy) is 3. The second-order valence-electron chi connectivity index (χ2n) is 6.82. The number of hydrogen-bond acceptors (Lipinski definition) is 4. The van der Waals surface area contributed by atoms with Crippen molar-refractivity contribution >= 4 is 5.97 Å². The van der Waals surface area contributed by atoms with Gasteiger partial charge in [-0.25, -0.2) is 0 Å². The number of hydrogen-bond donors (Lipinski definition) is 0. The Hall–Kier alpha value is -0.610. The summed E-state index contributed by atoms with van der Waals surface area (Å²) in [6.07, 6.45) is 9.09. The molecule has 2 heterocycles. The van der Waals surface area contributed by atoms with Gasteiger partial charge in [-0.3, -0.25) is 4.79 Å². The van der Waals surface area contributed by atoms with Crippen molar-refractivity contribution in [3.05, 3.63) is 0 Å². The summed E-state index contributed by atoms with van der Waals surface area (Å²) in [5, 5.41) is 0. The number of carbonyl (C=O) groups excluding carboxylic acids is 1. The average Bonchev–Trinajstić information content (AvgIpc) is 3.30. The van der Waals surface area contributed by atoms with E-state index < -0.39 is 0 Å². The lowest BCUT2D eigenvalue weighted by Gasteiger charge is -2.36. The van der Waals surface area contributed by atoms with Crippen LogP contribution in [0.3, 0.4) is 0 Å². The van der Waals surface area contributed by atoms with Gasteiger partial charge in [-0.2, -0.15) is 0 Å². The first kappa shape index (κ1) is 12.2. The predicted molar refractivity (Wildman–Crippen MR) is 67.6 cm³/mol. The highest BCUT2D eigenvalue weighted by Crippen LogP contribution is 2.52. The van der Waals surface area contributed by atoms with E-state index in [-0.39, 0.29) is 11.4 Å². The van der Waals surface area contributed by atoms with Gasteiger partial charge in [0.25, 0.3) is 0 Å². The monoisotopic (exact) mass is 266 g/mol. The third-order valence-corrected chi connectivity index (χ3v) is 5.60. The Morgan fingerprint density at radius 3 is 2.68 bits per heavy atom. The molecule has 4 nitrogen and oxygen atoms in total. The van der Waals surface area contributed by atoms with E-state index >= 15 is 0 Å². The summed E-state index contributed by atoms with van der Waals surface area (Å²) in [4.78, 5) is 12.3. The smallest absolute Gasteiger partial charge is 0.311 e. The van der Waals surface area contributed by atoms with E-state index in [4.69, 9.17) is 14.2 Å². The zero-order valence-electron chi connectivity index (χ0n) is 11.5. The molecule has 0 aromatic carbocycles. The first-order chi connectivity index (χ1) is 9.20. The number of methoxy groups -OCH3 is 1. The molecule has 19 heavy (non-hydrogen) atoms. The highest BCUT2D eigenvalue weighted by Gasteiger charge is 2.56. The van der Waals surface area contributed by atoms with Crippen LogP contribution in [-0.4, -0.2) is 37.5 Å². The molecule has 6 atom stereocenters. The number of rotatable bonds is 3. The van der Waals surface area contributed by atoms with Gasteiger partial charge in [0.2, 0.25) is 0 Å². The number of fused-ring (bicyclic) bond motifs is 2. The quantitative estimate of drug-likeness (QED) is 0.579. The van der Waals surface area contributed by atoms with Gasteiger partial charge in [-0.15, -0.1) is 0 Å². The lowest BCUT2D eigenvalue weighted by Crippen LogP contribution is -2.39. The van der Waals surface area contributed by atoms with E-state index in [0.29, 0.717) is 30.3 Å². The zero-order chi connectivity index (χ0) is 13.0. The third-order valence-electron chi connectivity index (χ3n) is 5.60. The van der Waals surface area contributed by atoms with Gasteiger partial charge < -0.3 is 14.2 Å². The van der Waals surface area contributed by atoms with Crippen molar-refractivity contribution in [3.8, 4) is 0 Å². The van der Waals surface area contributed by atoms with E-state index in [2.05, 4.69) is 0 Å². The van der Waals surface area contributed by atoms with Crippen LogP contribution in [0.4, 0.5) is 0 Å². The molecule has 0 N–H and O–H groups in total. The maximum atomic E-state index is 12.3. The van der Waals surface area contributed by atoms with Crippen molar-refractivity contribution in [1.82, 2.24) is 0 Å². The maximum absolute atomic E-state index is 12.3. The van der Waals surface area contributed by atoms with Crippen molar-refractivity contribution in [3.63, 3.8) is 0 Å². The van der Waals surface area contributed by atoms with Crippen LogP contribution in [0.1, 0.15) is 44.9 Å². The minimum Gasteiger partial charge on any atom is -0.469 e. The van der Waals surface area contributed by atoms with Gasteiger partial charge in [0.05, 0.1) is 36.9 Å². The van der Waals surface area contributed by atoms with Crippen LogP contribution >= 0.6 is 0 Å². The van der Waals surface area contributed by atoms with Gasteiger partial charge in [0.15, 0.2) is 0 Å². The molecule has 0 radical (unpaired) electrons. The zero-order valence-corrected chi connectivity index (χ0v) is 11.5. The molecular weight excluding hydrogens is 244 g/mol. The molecule has 2 aliphatic heterocycles. The largest absolute Gasteiger partial charge is 0.469 e. The van der Waals surface area contributed by atoms with Crippen molar-refractivity contribution < 1.29 is 19.0 Å². The van der Waals surface area contributed by atoms with Gasteiger partial charge >= 0.3 is 5.97 Å². The fourth-order valence-corrected chi connectivity index (χ4v) is 4.41. The van der Waals surface area contributed by atoms with Crippen LogP contribution in [0.2, 0.25) is 0 Å². The van der Waals surface area contributed by atoms with Crippen LogP contribution in [-0.2, 0) is 19.0 Å². The Labute approximate surface area is 113 Å². The Morgan fingerprint density at radius 2 is 1.95 bits per heavy atom. The van der Waals surface area contributed by atoms with Crippen LogP contribution in [0.5, 0.6) is 0 Å². The summed E-state index contributed by atoms with van der Waals surface area (Å²) in [6.45, 7) is 0. The average molecular weight is 266 g/mol.